The van der Waals surface area contributed by atoms with Crippen LogP contribution in [0.15, 0.2) is 91.2 Å². The number of rotatable bonds is 15. The van der Waals surface area contributed by atoms with Crippen LogP contribution in [0.3, 0.4) is 0 Å². The molecule has 0 saturated carbocycles. The Morgan fingerprint density at radius 2 is 1.76 bits per heavy atom. The number of phenolic OH excluding ortho intramolecular Hbond substituents is 4. The number of phenols is 4. The zero-order chi connectivity index (χ0) is 47.8. The number of thioether (sulfide) groups is 2. The molecule has 0 aliphatic carbocycles. The van der Waals surface area contributed by atoms with Gasteiger partial charge in [-0.1, -0.05) is 5.16 Å². The van der Waals surface area contributed by atoms with Crippen LogP contribution in [0.2, 0.25) is 0 Å². The number of hydrogen-bond acceptors (Lipinski definition) is 22. The fourth-order valence-corrected chi connectivity index (χ4v) is 10.3. The molecule has 25 nitrogen and oxygen atoms in total. The number of aromatic nitrogens is 1. The second kappa shape index (κ2) is 20.0. The van der Waals surface area contributed by atoms with Crippen LogP contribution < -0.4 is 32.2 Å². The number of nitrogens with one attached hydrogen (secondary N) is 5. The van der Waals surface area contributed by atoms with E-state index in [4.69, 9.17) is 10.6 Å². The molecular weight excluding hydrogens is 972 g/mol. The Hall–Kier alpha value is -6.05. The first-order chi connectivity index (χ1) is 31.1. The van der Waals surface area contributed by atoms with E-state index in [2.05, 4.69) is 41.6 Å². The van der Waals surface area contributed by atoms with Crippen LogP contribution in [-0.4, -0.2) is 160 Å². The average Bonchev–Trinajstić information content (AvgIpc) is 3.89. The van der Waals surface area contributed by atoms with Crippen LogP contribution in [0.1, 0.15) is 36.8 Å². The summed E-state index contributed by atoms with van der Waals surface area (Å²) in [5, 5.41) is 59.4. The van der Waals surface area contributed by atoms with Gasteiger partial charge in [0.15, 0.2) is 39.7 Å². The number of hydrazine groups is 3. The number of allylic oxidation sites excluding steroid dienone is 1. The van der Waals surface area contributed by atoms with Crippen molar-refractivity contribution in [1.82, 2.24) is 46.3 Å². The molecule has 0 bridgehead atoms. The molecule has 30 heteroatoms. The van der Waals surface area contributed by atoms with E-state index in [0.29, 0.717) is 22.1 Å². The number of carbonyl (C=O) groups excluding carboxylic acids is 4. The van der Waals surface area contributed by atoms with Crippen molar-refractivity contribution in [2.75, 3.05) is 23.9 Å². The summed E-state index contributed by atoms with van der Waals surface area (Å²) in [5.74, 6) is -6.35. The molecule has 4 amide bonds. The molecule has 67 heavy (non-hydrogen) atoms. The van der Waals surface area contributed by atoms with Gasteiger partial charge in [-0.2, -0.15) is 4.72 Å². The maximum atomic E-state index is 13.8. The van der Waals surface area contributed by atoms with Crippen molar-refractivity contribution in [3.05, 3.63) is 87.4 Å². The van der Waals surface area contributed by atoms with Gasteiger partial charge in [0.05, 0.1) is 22.8 Å². The van der Waals surface area contributed by atoms with E-state index in [1.54, 1.807) is 18.0 Å². The zero-order valence-electron chi connectivity index (χ0n) is 34.4. The maximum absolute atomic E-state index is 13.8. The van der Waals surface area contributed by atoms with Gasteiger partial charge in [-0.25, -0.2) is 28.2 Å². The van der Waals surface area contributed by atoms with Gasteiger partial charge in [0.2, 0.25) is 15.6 Å². The minimum atomic E-state index is -4.12. The molecular formula is C37H39N12NaO13S4. The molecule has 350 valence electrons. The van der Waals surface area contributed by atoms with Crippen molar-refractivity contribution in [2.45, 2.75) is 42.7 Å². The monoisotopic (exact) mass is 1010 g/mol. The Bertz CT molecular complexity index is 2830. The fraction of sp³-hybridized carbons (Fsp3) is 0.243. The zero-order valence-corrected chi connectivity index (χ0v) is 37.6. The van der Waals surface area contributed by atoms with Crippen molar-refractivity contribution in [2.24, 2.45) is 10.1 Å². The second-order valence-corrected chi connectivity index (χ2v) is 19.5. The summed E-state index contributed by atoms with van der Waals surface area (Å²) >= 11 is 3.38. The first kappa shape index (κ1) is 50.4. The summed E-state index contributed by atoms with van der Waals surface area (Å²) in [6, 6.07) is 5.09. The summed E-state index contributed by atoms with van der Waals surface area (Å²) < 4.78 is 28.1. The number of amides is 4. The number of aliphatic carboxylic acids is 1. The third-order valence-corrected chi connectivity index (χ3v) is 14.1. The number of thiazole rings is 1. The van der Waals surface area contributed by atoms with Gasteiger partial charge < -0.3 is 41.4 Å². The van der Waals surface area contributed by atoms with E-state index in [0.717, 1.165) is 46.6 Å². The van der Waals surface area contributed by atoms with Gasteiger partial charge in [0.25, 0.3) is 23.6 Å². The number of nitrogens with zero attached hydrogens (tertiary/aromatic N) is 6. The van der Waals surface area contributed by atoms with Crippen molar-refractivity contribution < 1.29 is 62.8 Å². The van der Waals surface area contributed by atoms with E-state index in [1.165, 1.54) is 60.0 Å². The number of aliphatic imine (C=N–C) groups is 1. The molecule has 12 N–H and O–H groups in total. The van der Waals surface area contributed by atoms with Crippen LogP contribution in [-0.2, 0) is 34.0 Å². The molecule has 0 spiro atoms. The molecule has 2 atom stereocenters. The van der Waals surface area contributed by atoms with Crippen LogP contribution in [0.4, 0.5) is 5.13 Å². The summed E-state index contributed by atoms with van der Waals surface area (Å²) in [4.78, 5) is 80.5. The molecule has 1 fully saturated rings. The van der Waals surface area contributed by atoms with Crippen molar-refractivity contribution in [3.8, 4) is 23.0 Å². The molecule has 5 heterocycles. The van der Waals surface area contributed by atoms with Crippen molar-refractivity contribution in [1.29, 1.82) is 0 Å². The molecule has 4 aliphatic rings. The molecule has 3 aromatic rings. The number of carbonyl (C=O) groups is 5. The normalized spacial score (nSPS) is 18.1. The number of carboxylic acids is 1. The number of carboxylic acid groups (broad SMARTS) is 1. The van der Waals surface area contributed by atoms with Gasteiger partial charge in [0.1, 0.15) is 22.8 Å². The number of oxime groups is 1. The summed E-state index contributed by atoms with van der Waals surface area (Å²) in [6.07, 6.45) is 3.25. The molecule has 1 aromatic heterocycles. The molecule has 1 saturated heterocycles. The topological polar surface area (TPSA) is 363 Å². The summed E-state index contributed by atoms with van der Waals surface area (Å²) in [6.45, 7) is 3.98. The average molecular weight is 1010 g/mol. The molecule has 0 unspecified atom stereocenters. The number of benzene rings is 2. The van der Waals surface area contributed by atoms with Crippen LogP contribution in [0.25, 0.3) is 0 Å². The summed E-state index contributed by atoms with van der Waals surface area (Å²) in [7, 11) is -4.12. The quantitative estimate of drug-likeness (QED) is 0.0298. The standard InChI is InChI=1S/C37H38N12O13S4.Na.H/c1-16-8-26(49-25(40-16)11-47(46-49)15-39-66(60,61)19-5-7-22(51)24(53)10-19)63-12-18-13-64-33-28(32(56)48(33)29(18)34(57)58)42-31(55)27(20-14-65-36(38)41-20)45-62-37(2,3)35(59)44-43-30(54)17-4-6-21(50)23(52)9-17;;/h4-11,14,28,33,39,46,50-53H,12-13,15H2,1-3H3,(H2,38,41)(H,42,55)(H,43,54)(H,44,59)(H,57,58);;/t28-,33-;;/m1../s1. The van der Waals surface area contributed by atoms with Crippen molar-refractivity contribution in [3.63, 3.8) is 0 Å². The second-order valence-electron chi connectivity index (χ2n) is 14.7. The van der Waals surface area contributed by atoms with Crippen LogP contribution in [0, 0.1) is 0 Å². The minimum absolute atomic E-state index is 0. The summed E-state index contributed by atoms with van der Waals surface area (Å²) in [5.41, 5.74) is 11.3. The molecule has 0 radical (unpaired) electrons. The number of hydrogen-bond donors (Lipinski definition) is 11. The first-order valence-electron chi connectivity index (χ1n) is 18.9. The number of aromatic hydroxyl groups is 4. The number of nitrogen functional groups attached to an aromatic ring is 1. The van der Waals surface area contributed by atoms with Gasteiger partial charge in [0, 0.05) is 34.2 Å². The predicted molar refractivity (Wildman–Crippen MR) is 244 cm³/mol. The number of sulfonamides is 1. The molecule has 4 aliphatic heterocycles. The third-order valence-electron chi connectivity index (χ3n) is 9.60. The van der Waals surface area contributed by atoms with E-state index in [-0.39, 0.29) is 74.7 Å². The van der Waals surface area contributed by atoms with Crippen LogP contribution >= 0.6 is 34.9 Å². The predicted octanol–water partition coefficient (Wildman–Crippen LogP) is -0.580. The Labute approximate surface area is 414 Å². The van der Waals surface area contributed by atoms with Crippen molar-refractivity contribution >= 4 is 121 Å². The Morgan fingerprint density at radius 1 is 1.06 bits per heavy atom. The first-order valence-corrected chi connectivity index (χ1v) is 23.3. The number of β-lactam (4-membered cyclic amide) rings is 1. The Morgan fingerprint density at radius 3 is 2.42 bits per heavy atom. The number of nitrogens with two attached hydrogens (primary N) is 1. The van der Waals surface area contributed by atoms with E-state index < -0.39 is 85.3 Å². The SMILES string of the molecule is CC1=NC2=CN(CNS(=O)(=O)c3ccc(O)c(O)c3)NN2C(SCC2=C(C(=O)O)N3C(=O)[C@@H](NC(=O)C(=NOC(C)(C)C(=O)NNC(=O)c4ccc(O)c(O)c4)c4csc(N)n4)[C@H]3SC2)=C1.[NaH]. The van der Waals surface area contributed by atoms with E-state index in [1.807, 2.05) is 0 Å². The molecule has 7 rings (SSSR count). The Balaban J connectivity index is 0.00000741. The van der Waals surface area contributed by atoms with Crippen LogP contribution in [0.5, 0.6) is 23.0 Å². The number of anilines is 1. The molecule has 2 aromatic carbocycles. The fourth-order valence-electron chi connectivity index (χ4n) is 6.17. The van der Waals surface area contributed by atoms with Gasteiger partial charge in [-0.05, 0) is 62.8 Å². The Kier molecular flexibility index (Phi) is 15.1. The van der Waals surface area contributed by atoms with E-state index >= 15 is 0 Å². The number of fused-ring (bicyclic) bond motifs is 2. The van der Waals surface area contributed by atoms with Gasteiger partial charge in [-0.15, -0.1) is 40.4 Å². The third kappa shape index (κ3) is 10.9. The van der Waals surface area contributed by atoms with Gasteiger partial charge in [-0.3, -0.25) is 39.9 Å². The van der Waals surface area contributed by atoms with E-state index in [9.17, 15) is 57.9 Å². The van der Waals surface area contributed by atoms with Gasteiger partial charge >= 0.3 is 35.5 Å².